The summed E-state index contributed by atoms with van der Waals surface area (Å²) in [5.41, 5.74) is 5.75. The van der Waals surface area contributed by atoms with Crippen LogP contribution in [0.3, 0.4) is 0 Å². The second-order valence-corrected chi connectivity index (χ2v) is 8.70. The third-order valence-electron chi connectivity index (χ3n) is 6.01. The number of fused-ring (bicyclic) bond motifs is 6. The van der Waals surface area contributed by atoms with Gasteiger partial charge in [-0.3, -0.25) is 19.8 Å². The number of aliphatic imine (C=N–C) groups is 2. The van der Waals surface area contributed by atoms with Crippen molar-refractivity contribution in [1.82, 2.24) is 9.80 Å². The molecule has 0 aromatic heterocycles. The highest BCUT2D eigenvalue weighted by Gasteiger charge is 2.20. The molecule has 2 aromatic rings. The summed E-state index contributed by atoms with van der Waals surface area (Å²) in [7, 11) is 0. The molecule has 5 rings (SSSR count). The second-order valence-electron chi connectivity index (χ2n) is 8.70. The molecule has 164 valence electrons. The largest absolute Gasteiger partial charge is 0.507 e. The van der Waals surface area contributed by atoms with E-state index in [-0.39, 0.29) is 0 Å². The van der Waals surface area contributed by atoms with Crippen molar-refractivity contribution in [3.63, 3.8) is 0 Å². The lowest BCUT2D eigenvalue weighted by atomic mass is 10.0. The zero-order valence-corrected chi connectivity index (χ0v) is 18.5. The van der Waals surface area contributed by atoms with Gasteiger partial charge in [-0.15, -0.1) is 0 Å². The third kappa shape index (κ3) is 5.32. The quantitative estimate of drug-likeness (QED) is 0.686. The minimum Gasteiger partial charge on any atom is -0.507 e. The highest BCUT2D eigenvalue weighted by atomic mass is 16.3. The first-order chi connectivity index (χ1) is 15.0. The van der Waals surface area contributed by atoms with E-state index in [0.29, 0.717) is 24.6 Å². The number of nitrogens with zero attached hydrogens (tertiary/aromatic N) is 4. The zero-order valence-electron chi connectivity index (χ0n) is 18.5. The number of rotatable bonds is 0. The average molecular weight is 421 g/mol. The van der Waals surface area contributed by atoms with Crippen LogP contribution in [0.5, 0.6) is 11.5 Å². The lowest BCUT2D eigenvalue weighted by Gasteiger charge is -2.35. The Bertz CT molecular complexity index is 912. The summed E-state index contributed by atoms with van der Waals surface area (Å²) in [6, 6.07) is 8.11. The lowest BCUT2D eigenvalue weighted by Crippen LogP contribution is -2.45. The van der Waals surface area contributed by atoms with Gasteiger partial charge in [0.2, 0.25) is 0 Å². The van der Waals surface area contributed by atoms with Gasteiger partial charge in [-0.2, -0.15) is 0 Å². The van der Waals surface area contributed by atoms with E-state index in [0.717, 1.165) is 79.1 Å². The number of phenolic OH excluding ortho intramolecular Hbond substituents is 2. The first-order valence-electron chi connectivity index (χ1n) is 11.1. The lowest BCUT2D eigenvalue weighted by molar-refractivity contribution is 0.120. The highest BCUT2D eigenvalue weighted by molar-refractivity contribution is 5.85. The summed E-state index contributed by atoms with van der Waals surface area (Å²) in [6.07, 6.45) is 4.37. The van der Waals surface area contributed by atoms with Gasteiger partial charge >= 0.3 is 0 Å². The minimum absolute atomic E-state index is 0.337. The first-order valence-corrected chi connectivity index (χ1v) is 11.1. The van der Waals surface area contributed by atoms with Crippen molar-refractivity contribution in [2.24, 2.45) is 9.98 Å². The van der Waals surface area contributed by atoms with Gasteiger partial charge < -0.3 is 10.2 Å². The number of hydrogen-bond donors (Lipinski definition) is 2. The summed E-state index contributed by atoms with van der Waals surface area (Å²) >= 11 is 0. The normalized spacial score (nSPS) is 22.0. The van der Waals surface area contributed by atoms with Crippen molar-refractivity contribution in [3.8, 4) is 11.5 Å². The molecule has 3 heterocycles. The molecule has 1 fully saturated rings. The number of phenols is 2. The fourth-order valence-corrected chi connectivity index (χ4v) is 4.37. The van der Waals surface area contributed by atoms with Gasteiger partial charge in [0.25, 0.3) is 0 Å². The van der Waals surface area contributed by atoms with Crippen molar-refractivity contribution in [1.29, 1.82) is 0 Å². The Labute approximate surface area is 184 Å². The highest BCUT2D eigenvalue weighted by Crippen LogP contribution is 2.27. The van der Waals surface area contributed by atoms with Crippen LogP contribution < -0.4 is 0 Å². The van der Waals surface area contributed by atoms with E-state index in [1.54, 1.807) is 12.4 Å². The molecule has 6 nitrogen and oxygen atoms in total. The van der Waals surface area contributed by atoms with Gasteiger partial charge in [0.15, 0.2) is 0 Å². The predicted octanol–water partition coefficient (Wildman–Crippen LogP) is 3.27. The monoisotopic (exact) mass is 420 g/mol. The predicted molar refractivity (Wildman–Crippen MR) is 126 cm³/mol. The van der Waals surface area contributed by atoms with E-state index in [9.17, 15) is 10.2 Å². The molecule has 1 saturated heterocycles. The Kier molecular flexibility index (Phi) is 6.68. The molecule has 0 unspecified atom stereocenters. The van der Waals surface area contributed by atoms with Crippen LogP contribution in [-0.2, 0) is 13.1 Å². The fourth-order valence-electron chi connectivity index (χ4n) is 4.37. The van der Waals surface area contributed by atoms with Crippen LogP contribution >= 0.6 is 0 Å². The standard InChI is InChI=1S/C25H32N4O2/c1-18-10-20-14-26-4-3-5-27-15-21-11-19(2)13-23(25(21)31)17-29-8-6-28(7-9-29)16-22(12-18)24(20)30/h10-15,30-31H,3-9,16-17H2,1-2H3. The zero-order chi connectivity index (χ0) is 21.8. The SMILES string of the molecule is Cc1cc2c(O)c(c1)CN1CCN(CC1)Cc1cc(C)cc(c1O)C=NCCCN=C2. The molecule has 0 radical (unpaired) electrons. The average Bonchev–Trinajstić information content (AvgIpc) is 2.74. The van der Waals surface area contributed by atoms with Crippen LogP contribution in [0.2, 0.25) is 0 Å². The maximum Gasteiger partial charge on any atom is 0.128 e. The van der Waals surface area contributed by atoms with Gasteiger partial charge in [-0.1, -0.05) is 12.1 Å². The number of benzene rings is 2. The van der Waals surface area contributed by atoms with Crippen LogP contribution in [0.15, 0.2) is 34.3 Å². The summed E-state index contributed by atoms with van der Waals surface area (Å²) in [4.78, 5) is 13.8. The van der Waals surface area contributed by atoms with Crippen molar-refractivity contribution >= 4 is 12.4 Å². The molecule has 3 aliphatic rings. The molecule has 0 saturated carbocycles. The topological polar surface area (TPSA) is 71.7 Å². The van der Waals surface area contributed by atoms with Gasteiger partial charge in [-0.05, 0) is 43.5 Å². The molecule has 31 heavy (non-hydrogen) atoms. The van der Waals surface area contributed by atoms with Gasteiger partial charge in [0.05, 0.1) is 0 Å². The molecule has 3 aliphatic heterocycles. The Morgan fingerprint density at radius 1 is 0.677 bits per heavy atom. The van der Waals surface area contributed by atoms with E-state index >= 15 is 0 Å². The van der Waals surface area contributed by atoms with Crippen LogP contribution in [0.1, 0.15) is 39.8 Å². The summed E-state index contributed by atoms with van der Waals surface area (Å²) in [5.74, 6) is 0.674. The molecule has 6 bridgehead atoms. The van der Waals surface area contributed by atoms with Gasteiger partial charge in [-0.25, -0.2) is 0 Å². The summed E-state index contributed by atoms with van der Waals surface area (Å²) in [5, 5.41) is 21.6. The van der Waals surface area contributed by atoms with E-state index in [2.05, 4.69) is 45.8 Å². The van der Waals surface area contributed by atoms with E-state index in [4.69, 9.17) is 0 Å². The summed E-state index contributed by atoms with van der Waals surface area (Å²) in [6.45, 7) is 10.6. The van der Waals surface area contributed by atoms with E-state index in [1.165, 1.54) is 0 Å². The van der Waals surface area contributed by atoms with Crippen LogP contribution in [-0.4, -0.2) is 71.7 Å². The Morgan fingerprint density at radius 3 is 1.52 bits per heavy atom. The molecule has 0 atom stereocenters. The number of piperazine rings is 1. The Balaban J connectivity index is 1.61. The van der Waals surface area contributed by atoms with Gasteiger partial charge in [0, 0.05) is 87.0 Å². The second kappa shape index (κ2) is 9.62. The van der Waals surface area contributed by atoms with Gasteiger partial charge in [0.1, 0.15) is 11.5 Å². The smallest absolute Gasteiger partial charge is 0.128 e. The van der Waals surface area contributed by atoms with Crippen molar-refractivity contribution in [3.05, 3.63) is 57.6 Å². The fraction of sp³-hybridized carbons (Fsp3) is 0.440. The third-order valence-corrected chi connectivity index (χ3v) is 6.01. The number of aryl methyl sites for hydroxylation is 2. The number of aromatic hydroxyl groups is 2. The van der Waals surface area contributed by atoms with Crippen LogP contribution in [0.4, 0.5) is 0 Å². The minimum atomic E-state index is 0.337. The molecule has 0 aliphatic carbocycles. The number of hydrogen-bond acceptors (Lipinski definition) is 6. The first kappa shape index (κ1) is 21.5. The van der Waals surface area contributed by atoms with E-state index in [1.807, 2.05) is 12.1 Å². The van der Waals surface area contributed by atoms with Crippen molar-refractivity contribution < 1.29 is 10.2 Å². The van der Waals surface area contributed by atoms with Crippen LogP contribution in [0, 0.1) is 13.8 Å². The molecular formula is C25H32N4O2. The maximum absolute atomic E-state index is 10.8. The van der Waals surface area contributed by atoms with E-state index < -0.39 is 0 Å². The maximum atomic E-state index is 10.8. The molecular weight excluding hydrogens is 388 g/mol. The molecule has 0 spiro atoms. The van der Waals surface area contributed by atoms with Crippen LogP contribution in [0.25, 0.3) is 0 Å². The van der Waals surface area contributed by atoms with Crippen molar-refractivity contribution in [2.45, 2.75) is 33.4 Å². The Hall–Kier alpha value is -2.70. The summed E-state index contributed by atoms with van der Waals surface area (Å²) < 4.78 is 0. The Morgan fingerprint density at radius 2 is 1.10 bits per heavy atom. The molecule has 2 N–H and O–H groups in total. The molecule has 2 aromatic carbocycles. The van der Waals surface area contributed by atoms with Crippen molar-refractivity contribution in [2.75, 3.05) is 39.3 Å². The molecule has 6 heteroatoms. The molecule has 0 amide bonds.